The highest BCUT2D eigenvalue weighted by Crippen LogP contribution is 2.34. The molecule has 0 heterocycles. The van der Waals surface area contributed by atoms with Crippen LogP contribution in [0, 0.1) is 6.92 Å². The van der Waals surface area contributed by atoms with E-state index >= 15 is 0 Å². The minimum absolute atomic E-state index is 0.0598. The molecular formula is C15H13NO4. The Hall–Kier alpha value is -2.82. The van der Waals surface area contributed by atoms with Crippen molar-refractivity contribution in [3.8, 4) is 16.9 Å². The third-order valence-corrected chi connectivity index (χ3v) is 2.88. The lowest BCUT2D eigenvalue weighted by molar-refractivity contribution is -0.120. The molecule has 0 spiro atoms. The lowest BCUT2D eigenvalue weighted by Gasteiger charge is -2.11. The van der Waals surface area contributed by atoms with Crippen molar-refractivity contribution in [3.63, 3.8) is 0 Å². The maximum atomic E-state index is 11.3. The average molecular weight is 271 g/mol. The lowest BCUT2D eigenvalue weighted by Crippen LogP contribution is -2.02. The molecule has 0 aliphatic heterocycles. The summed E-state index contributed by atoms with van der Waals surface area (Å²) in [7, 11) is 0. The number of benzene rings is 2. The van der Waals surface area contributed by atoms with Gasteiger partial charge in [-0.25, -0.2) is 4.79 Å². The first-order valence-electron chi connectivity index (χ1n) is 5.87. The number of aryl methyl sites for hydroxylation is 1. The normalized spacial score (nSPS) is 10.1. The van der Waals surface area contributed by atoms with Gasteiger partial charge in [0.2, 0.25) is 0 Å². The molecule has 5 nitrogen and oxygen atoms in total. The van der Waals surface area contributed by atoms with E-state index in [2.05, 4.69) is 0 Å². The summed E-state index contributed by atoms with van der Waals surface area (Å²) in [6.45, 7) is 2.17. The first kappa shape index (κ1) is 13.6. The molecule has 3 N–H and O–H groups in total. The number of hydrogen-bond donors (Lipinski definition) is 2. The molecule has 0 radical (unpaired) electrons. The van der Waals surface area contributed by atoms with Crippen molar-refractivity contribution in [1.82, 2.24) is 0 Å². The molecule has 0 bridgehead atoms. The maximum absolute atomic E-state index is 11.3. The summed E-state index contributed by atoms with van der Waals surface area (Å²) in [4.78, 5) is 21.9. The zero-order valence-corrected chi connectivity index (χ0v) is 10.8. The predicted molar refractivity (Wildman–Crippen MR) is 74.7 cm³/mol. The number of rotatable bonds is 4. The summed E-state index contributed by atoms with van der Waals surface area (Å²) in [5, 5.41) is 9.26. The molecule has 0 aliphatic rings. The van der Waals surface area contributed by atoms with E-state index < -0.39 is 5.97 Å². The van der Waals surface area contributed by atoms with Crippen LogP contribution in [0.25, 0.3) is 11.1 Å². The molecule has 0 amide bonds. The monoisotopic (exact) mass is 271 g/mol. The van der Waals surface area contributed by atoms with E-state index in [1.54, 1.807) is 24.3 Å². The van der Waals surface area contributed by atoms with E-state index in [1.807, 2.05) is 13.0 Å². The van der Waals surface area contributed by atoms with Gasteiger partial charge in [-0.2, -0.15) is 0 Å². The summed E-state index contributed by atoms with van der Waals surface area (Å²) in [5.74, 6) is -0.780. The van der Waals surface area contributed by atoms with Crippen molar-refractivity contribution in [2.24, 2.45) is 0 Å². The number of anilines is 1. The van der Waals surface area contributed by atoms with E-state index in [0.29, 0.717) is 29.0 Å². The van der Waals surface area contributed by atoms with Crippen LogP contribution in [0.4, 0.5) is 5.69 Å². The minimum Gasteiger partial charge on any atom is -0.478 e. The van der Waals surface area contributed by atoms with Gasteiger partial charge in [0.1, 0.15) is 5.75 Å². The second-order valence-corrected chi connectivity index (χ2v) is 4.32. The van der Waals surface area contributed by atoms with Crippen molar-refractivity contribution >= 4 is 18.1 Å². The van der Waals surface area contributed by atoms with Crippen LogP contribution in [-0.4, -0.2) is 17.5 Å². The summed E-state index contributed by atoms with van der Waals surface area (Å²) in [6.07, 6.45) is 0. The van der Waals surface area contributed by atoms with Crippen LogP contribution >= 0.6 is 0 Å². The van der Waals surface area contributed by atoms with Crippen LogP contribution in [0.2, 0.25) is 0 Å². The second-order valence-electron chi connectivity index (χ2n) is 4.32. The topological polar surface area (TPSA) is 89.6 Å². The number of carbonyl (C=O) groups excluding carboxylic acids is 1. The molecule has 0 saturated carbocycles. The number of carboxylic acids is 1. The molecule has 0 fully saturated rings. The molecule has 0 atom stereocenters. The Morgan fingerprint density at radius 1 is 1.20 bits per heavy atom. The summed E-state index contributed by atoms with van der Waals surface area (Å²) < 4.78 is 4.93. The highest BCUT2D eigenvalue weighted by molar-refractivity contribution is 5.98. The molecule has 5 heteroatoms. The van der Waals surface area contributed by atoms with E-state index in [1.165, 1.54) is 6.07 Å². The molecule has 2 rings (SSSR count). The number of nitrogens with two attached hydrogens (primary N) is 1. The van der Waals surface area contributed by atoms with Crippen LogP contribution < -0.4 is 10.5 Å². The molecule has 0 saturated heterocycles. The Balaban J connectivity index is 2.67. The van der Waals surface area contributed by atoms with Gasteiger partial charge in [-0.1, -0.05) is 18.2 Å². The first-order valence-corrected chi connectivity index (χ1v) is 5.87. The third kappa shape index (κ3) is 2.61. The molecule has 0 unspecified atom stereocenters. The van der Waals surface area contributed by atoms with Gasteiger partial charge in [0.05, 0.1) is 5.56 Å². The van der Waals surface area contributed by atoms with E-state index in [4.69, 9.17) is 10.5 Å². The van der Waals surface area contributed by atoms with Gasteiger partial charge < -0.3 is 15.6 Å². The highest BCUT2D eigenvalue weighted by atomic mass is 16.5. The van der Waals surface area contributed by atoms with Gasteiger partial charge in [0, 0.05) is 16.8 Å². The van der Waals surface area contributed by atoms with Crippen LogP contribution in [0.15, 0.2) is 36.4 Å². The van der Waals surface area contributed by atoms with Crippen molar-refractivity contribution in [3.05, 3.63) is 47.5 Å². The summed E-state index contributed by atoms with van der Waals surface area (Å²) in [6, 6.07) is 9.78. The van der Waals surface area contributed by atoms with Crippen LogP contribution in [-0.2, 0) is 4.79 Å². The zero-order valence-electron chi connectivity index (χ0n) is 10.8. The molecule has 102 valence electrons. The number of nitrogen functional groups attached to an aromatic ring is 1. The fourth-order valence-corrected chi connectivity index (χ4v) is 1.98. The number of ether oxygens (including phenoxy) is 1. The van der Waals surface area contributed by atoms with Gasteiger partial charge in [-0.15, -0.1) is 0 Å². The van der Waals surface area contributed by atoms with Crippen molar-refractivity contribution in [1.29, 1.82) is 0 Å². The standard InChI is InChI=1S/C15H13NO4/c1-9-2-4-12(14(6-9)20-8-17)11-5-3-10(16)7-13(11)15(18)19/h2-8H,16H2,1H3,(H,18,19). The Morgan fingerprint density at radius 3 is 2.55 bits per heavy atom. The van der Waals surface area contributed by atoms with Gasteiger partial charge >= 0.3 is 5.97 Å². The van der Waals surface area contributed by atoms with Gasteiger partial charge in [-0.05, 0) is 30.7 Å². The highest BCUT2D eigenvalue weighted by Gasteiger charge is 2.16. The number of carbonyl (C=O) groups is 2. The molecular weight excluding hydrogens is 258 g/mol. The number of carboxylic acid groups (broad SMARTS) is 1. The van der Waals surface area contributed by atoms with Crippen LogP contribution in [0.1, 0.15) is 15.9 Å². The van der Waals surface area contributed by atoms with E-state index in [9.17, 15) is 14.7 Å². The minimum atomic E-state index is -1.09. The van der Waals surface area contributed by atoms with Crippen molar-refractivity contribution < 1.29 is 19.4 Å². The lowest BCUT2D eigenvalue weighted by atomic mass is 9.97. The molecule has 2 aromatic rings. The molecule has 0 aliphatic carbocycles. The fraction of sp³-hybridized carbons (Fsp3) is 0.0667. The Kier molecular flexibility index (Phi) is 3.70. The fourth-order valence-electron chi connectivity index (χ4n) is 1.98. The predicted octanol–water partition coefficient (Wildman–Crippen LogP) is 2.48. The summed E-state index contributed by atoms with van der Waals surface area (Å²) >= 11 is 0. The Morgan fingerprint density at radius 2 is 1.90 bits per heavy atom. The number of aromatic carboxylic acids is 1. The van der Waals surface area contributed by atoms with Crippen molar-refractivity contribution in [2.75, 3.05) is 5.73 Å². The van der Waals surface area contributed by atoms with E-state index in [0.717, 1.165) is 5.56 Å². The van der Waals surface area contributed by atoms with Crippen LogP contribution in [0.5, 0.6) is 5.75 Å². The molecule has 20 heavy (non-hydrogen) atoms. The van der Waals surface area contributed by atoms with Gasteiger partial charge in [-0.3, -0.25) is 4.79 Å². The third-order valence-electron chi connectivity index (χ3n) is 2.88. The van der Waals surface area contributed by atoms with Crippen molar-refractivity contribution in [2.45, 2.75) is 6.92 Å². The zero-order chi connectivity index (χ0) is 14.7. The second kappa shape index (κ2) is 5.44. The maximum Gasteiger partial charge on any atom is 0.336 e. The molecule has 0 aromatic heterocycles. The van der Waals surface area contributed by atoms with E-state index in [-0.39, 0.29) is 5.56 Å². The quantitative estimate of drug-likeness (QED) is 0.658. The SMILES string of the molecule is Cc1ccc(-c2ccc(N)cc2C(=O)O)c(OC=O)c1. The summed E-state index contributed by atoms with van der Waals surface area (Å²) in [5.41, 5.74) is 7.91. The van der Waals surface area contributed by atoms with Gasteiger partial charge in [0.25, 0.3) is 6.47 Å². The van der Waals surface area contributed by atoms with Gasteiger partial charge in [0.15, 0.2) is 0 Å². The average Bonchev–Trinajstić information content (AvgIpc) is 2.40. The smallest absolute Gasteiger partial charge is 0.336 e. The first-order chi connectivity index (χ1) is 9.52. The Labute approximate surface area is 115 Å². The molecule has 2 aromatic carbocycles. The number of hydrogen-bond acceptors (Lipinski definition) is 4. The van der Waals surface area contributed by atoms with Crippen LogP contribution in [0.3, 0.4) is 0 Å². The largest absolute Gasteiger partial charge is 0.478 e. The Bertz CT molecular complexity index is 680.